The van der Waals surface area contributed by atoms with Crippen molar-refractivity contribution in [3.63, 3.8) is 0 Å². The Hall–Kier alpha value is -0.160. The maximum Gasteiger partial charge on any atom is 0.157 e. The third kappa shape index (κ3) is 10.9. The molecule has 0 aromatic carbocycles. The highest BCUT2D eigenvalue weighted by atomic mass is 16.6. The van der Waals surface area contributed by atoms with Crippen LogP contribution in [0, 0.1) is 5.92 Å². The van der Waals surface area contributed by atoms with Crippen LogP contribution in [0.15, 0.2) is 0 Å². The van der Waals surface area contributed by atoms with Crippen molar-refractivity contribution in [3.8, 4) is 0 Å². The van der Waals surface area contributed by atoms with Crippen molar-refractivity contribution < 1.29 is 20.1 Å². The molecule has 4 heteroatoms. The Morgan fingerprint density at radius 3 is 1.81 bits per heavy atom. The summed E-state index contributed by atoms with van der Waals surface area (Å²) in [5.74, 6) is 0.418. The standard InChI is InChI=1S/C22H44O4/c1-3-4-5-6-7-8-9-10-11-12-13-14-15-18(2)16-19(23)22-20(24)17-21(25)26-22/h18-25H,3-17H2,1-2H3/t18?,19?,20-,21?,22+/m0/s1. The van der Waals surface area contributed by atoms with Crippen molar-refractivity contribution >= 4 is 0 Å². The molecule has 26 heavy (non-hydrogen) atoms. The highest BCUT2D eigenvalue weighted by molar-refractivity contribution is 4.84. The lowest BCUT2D eigenvalue weighted by molar-refractivity contribution is -0.132. The number of rotatable bonds is 16. The molecule has 0 aromatic rings. The van der Waals surface area contributed by atoms with Crippen LogP contribution in [-0.2, 0) is 4.74 Å². The highest BCUT2D eigenvalue weighted by Gasteiger charge is 2.37. The molecule has 1 fully saturated rings. The zero-order chi connectivity index (χ0) is 19.2. The summed E-state index contributed by atoms with van der Waals surface area (Å²) in [5.41, 5.74) is 0. The fraction of sp³-hybridized carbons (Fsp3) is 1.00. The molecular weight excluding hydrogens is 328 g/mol. The summed E-state index contributed by atoms with van der Waals surface area (Å²) in [6.07, 6.45) is 15.2. The second kappa shape index (κ2) is 14.8. The summed E-state index contributed by atoms with van der Waals surface area (Å²) in [6.45, 7) is 4.42. The Labute approximate surface area is 161 Å². The third-order valence-electron chi connectivity index (χ3n) is 5.71. The summed E-state index contributed by atoms with van der Waals surface area (Å²) in [4.78, 5) is 0. The Morgan fingerprint density at radius 2 is 1.35 bits per heavy atom. The summed E-state index contributed by atoms with van der Waals surface area (Å²) in [5, 5.41) is 29.4. The fourth-order valence-corrected chi connectivity index (χ4v) is 4.01. The number of hydrogen-bond acceptors (Lipinski definition) is 4. The molecule has 0 saturated carbocycles. The lowest BCUT2D eigenvalue weighted by Gasteiger charge is -2.23. The van der Waals surface area contributed by atoms with E-state index in [-0.39, 0.29) is 6.42 Å². The average molecular weight is 373 g/mol. The molecule has 1 heterocycles. The monoisotopic (exact) mass is 372 g/mol. The Bertz CT molecular complexity index is 323. The first kappa shape index (κ1) is 23.9. The van der Waals surface area contributed by atoms with Crippen molar-refractivity contribution in [2.24, 2.45) is 5.92 Å². The number of aliphatic hydroxyl groups excluding tert-OH is 3. The first-order valence-corrected chi connectivity index (χ1v) is 11.2. The van der Waals surface area contributed by atoms with E-state index in [1.807, 2.05) is 0 Å². The summed E-state index contributed by atoms with van der Waals surface area (Å²) in [7, 11) is 0. The van der Waals surface area contributed by atoms with Gasteiger partial charge >= 0.3 is 0 Å². The molecule has 0 amide bonds. The molecular formula is C22H44O4. The first-order chi connectivity index (χ1) is 12.5. The number of unbranched alkanes of at least 4 members (excludes halogenated alkanes) is 11. The molecule has 0 bridgehead atoms. The highest BCUT2D eigenvalue weighted by Crippen LogP contribution is 2.26. The van der Waals surface area contributed by atoms with Crippen molar-refractivity contribution in [1.29, 1.82) is 0 Å². The SMILES string of the molecule is CCCCCCCCCCCCCCC(C)CC(O)[C@H]1OC(O)C[C@@H]1O. The predicted molar refractivity (Wildman–Crippen MR) is 107 cm³/mol. The van der Waals surface area contributed by atoms with Gasteiger partial charge < -0.3 is 20.1 Å². The largest absolute Gasteiger partial charge is 0.390 e. The van der Waals surface area contributed by atoms with Gasteiger partial charge in [-0.3, -0.25) is 0 Å². The maximum absolute atomic E-state index is 10.2. The van der Waals surface area contributed by atoms with Crippen LogP contribution >= 0.6 is 0 Å². The second-order valence-electron chi connectivity index (χ2n) is 8.44. The minimum Gasteiger partial charge on any atom is -0.390 e. The maximum atomic E-state index is 10.2. The average Bonchev–Trinajstić information content (AvgIpc) is 2.94. The summed E-state index contributed by atoms with van der Waals surface area (Å²) in [6, 6.07) is 0. The smallest absolute Gasteiger partial charge is 0.157 e. The second-order valence-corrected chi connectivity index (χ2v) is 8.44. The van der Waals surface area contributed by atoms with E-state index >= 15 is 0 Å². The van der Waals surface area contributed by atoms with Gasteiger partial charge in [0.1, 0.15) is 6.10 Å². The zero-order valence-corrected chi connectivity index (χ0v) is 17.2. The van der Waals surface area contributed by atoms with Gasteiger partial charge in [0.2, 0.25) is 0 Å². The van der Waals surface area contributed by atoms with Gasteiger partial charge in [0.15, 0.2) is 6.29 Å². The van der Waals surface area contributed by atoms with E-state index in [1.54, 1.807) is 0 Å². The van der Waals surface area contributed by atoms with E-state index in [0.29, 0.717) is 12.3 Å². The fourth-order valence-electron chi connectivity index (χ4n) is 4.01. The molecule has 0 aliphatic carbocycles. The van der Waals surface area contributed by atoms with Crippen LogP contribution < -0.4 is 0 Å². The van der Waals surface area contributed by atoms with E-state index in [1.165, 1.54) is 77.0 Å². The third-order valence-corrected chi connectivity index (χ3v) is 5.71. The zero-order valence-electron chi connectivity index (χ0n) is 17.2. The van der Waals surface area contributed by atoms with E-state index in [4.69, 9.17) is 4.74 Å². The van der Waals surface area contributed by atoms with E-state index in [2.05, 4.69) is 13.8 Å². The lowest BCUT2D eigenvalue weighted by Crippen LogP contribution is -2.35. The van der Waals surface area contributed by atoms with Crippen LogP contribution in [0.4, 0.5) is 0 Å². The minimum absolute atomic E-state index is 0.203. The molecule has 1 aliphatic rings. The summed E-state index contributed by atoms with van der Waals surface area (Å²) >= 11 is 0. The van der Waals surface area contributed by atoms with Crippen LogP contribution in [0.25, 0.3) is 0 Å². The number of hydrogen-bond donors (Lipinski definition) is 3. The van der Waals surface area contributed by atoms with Gasteiger partial charge in [0.25, 0.3) is 0 Å². The molecule has 0 radical (unpaired) electrons. The molecule has 5 atom stereocenters. The van der Waals surface area contributed by atoms with Crippen LogP contribution in [0.3, 0.4) is 0 Å². The number of aliphatic hydroxyl groups is 3. The van der Waals surface area contributed by atoms with Crippen molar-refractivity contribution in [3.05, 3.63) is 0 Å². The van der Waals surface area contributed by atoms with Crippen LogP contribution in [0.5, 0.6) is 0 Å². The van der Waals surface area contributed by atoms with E-state index in [9.17, 15) is 15.3 Å². The van der Waals surface area contributed by atoms with Gasteiger partial charge in [-0.25, -0.2) is 0 Å². The van der Waals surface area contributed by atoms with Gasteiger partial charge in [-0.2, -0.15) is 0 Å². The molecule has 0 aromatic heterocycles. The summed E-state index contributed by atoms with van der Waals surface area (Å²) < 4.78 is 5.21. The lowest BCUT2D eigenvalue weighted by atomic mass is 9.93. The van der Waals surface area contributed by atoms with Gasteiger partial charge in [0, 0.05) is 6.42 Å². The Kier molecular flexibility index (Phi) is 13.6. The van der Waals surface area contributed by atoms with Gasteiger partial charge in [0.05, 0.1) is 12.2 Å². The Morgan fingerprint density at radius 1 is 0.846 bits per heavy atom. The molecule has 1 saturated heterocycles. The molecule has 4 nitrogen and oxygen atoms in total. The van der Waals surface area contributed by atoms with Gasteiger partial charge in [-0.05, 0) is 12.3 Å². The minimum atomic E-state index is -0.934. The molecule has 0 spiro atoms. The molecule has 3 N–H and O–H groups in total. The quantitative estimate of drug-likeness (QED) is 0.336. The number of ether oxygens (including phenoxy) is 1. The Balaban J connectivity index is 1.90. The van der Waals surface area contributed by atoms with Crippen molar-refractivity contribution in [2.75, 3.05) is 0 Å². The van der Waals surface area contributed by atoms with E-state index < -0.39 is 24.6 Å². The van der Waals surface area contributed by atoms with Crippen LogP contribution in [-0.4, -0.2) is 39.9 Å². The van der Waals surface area contributed by atoms with Crippen LogP contribution in [0.1, 0.15) is 110 Å². The molecule has 1 aliphatic heterocycles. The molecule has 156 valence electrons. The topological polar surface area (TPSA) is 69.9 Å². The van der Waals surface area contributed by atoms with E-state index in [0.717, 1.165) is 6.42 Å². The van der Waals surface area contributed by atoms with Crippen molar-refractivity contribution in [2.45, 2.75) is 135 Å². The molecule has 1 rings (SSSR count). The molecule has 3 unspecified atom stereocenters. The predicted octanol–water partition coefficient (Wildman–Crippen LogP) is 4.93. The first-order valence-electron chi connectivity index (χ1n) is 11.2. The van der Waals surface area contributed by atoms with Gasteiger partial charge in [-0.15, -0.1) is 0 Å². The van der Waals surface area contributed by atoms with Crippen molar-refractivity contribution in [1.82, 2.24) is 0 Å². The van der Waals surface area contributed by atoms with Crippen LogP contribution in [0.2, 0.25) is 0 Å². The normalized spacial score (nSPS) is 25.5. The van der Waals surface area contributed by atoms with Gasteiger partial charge in [-0.1, -0.05) is 97.3 Å².